The fourth-order valence-electron chi connectivity index (χ4n) is 4.27. The van der Waals surface area contributed by atoms with Gasteiger partial charge in [-0.1, -0.05) is 29.5 Å². The molecule has 0 aliphatic carbocycles. The average Bonchev–Trinajstić information content (AvgIpc) is 3.06. The smallest absolute Gasteiger partial charge is 0.317 e. The summed E-state index contributed by atoms with van der Waals surface area (Å²) in [6.45, 7) is 1.71. The minimum atomic E-state index is -1.23. The number of carbonyl (C=O) groups is 1. The lowest BCUT2D eigenvalue weighted by atomic mass is 9.81. The summed E-state index contributed by atoms with van der Waals surface area (Å²) in [5, 5.41) is 10.9. The van der Waals surface area contributed by atoms with E-state index in [2.05, 4.69) is 4.99 Å². The first-order valence-electron chi connectivity index (χ1n) is 9.75. The Kier molecular flexibility index (Phi) is 4.48. The monoisotopic (exact) mass is 451 g/mol. The van der Waals surface area contributed by atoms with Gasteiger partial charge in [-0.25, -0.2) is 4.99 Å². The van der Waals surface area contributed by atoms with Crippen molar-refractivity contribution in [1.82, 2.24) is 4.57 Å². The van der Waals surface area contributed by atoms with E-state index in [1.54, 1.807) is 31.2 Å². The predicted octanol–water partition coefficient (Wildman–Crippen LogP) is 1.77. The molecule has 2 aliphatic heterocycles. The van der Waals surface area contributed by atoms with Crippen LogP contribution in [0.3, 0.4) is 0 Å². The van der Waals surface area contributed by atoms with Gasteiger partial charge < -0.3 is 9.47 Å². The van der Waals surface area contributed by atoms with Crippen LogP contribution in [0.15, 0.2) is 58.3 Å². The van der Waals surface area contributed by atoms with E-state index in [4.69, 9.17) is 9.47 Å². The lowest BCUT2D eigenvalue weighted by Crippen LogP contribution is -2.58. The molecule has 0 amide bonds. The number of fused-ring (bicyclic) bond motifs is 6. The van der Waals surface area contributed by atoms with Crippen LogP contribution < -0.4 is 19.6 Å². The van der Waals surface area contributed by atoms with Crippen molar-refractivity contribution in [1.29, 1.82) is 0 Å². The van der Waals surface area contributed by atoms with Crippen molar-refractivity contribution in [3.05, 3.63) is 89.5 Å². The Hall–Kier alpha value is -3.79. The van der Waals surface area contributed by atoms with Crippen LogP contribution in [0.25, 0.3) is 6.08 Å². The number of thiazole rings is 1. The van der Waals surface area contributed by atoms with Crippen LogP contribution in [0.4, 0.5) is 5.69 Å². The Labute approximate surface area is 185 Å². The van der Waals surface area contributed by atoms with E-state index in [0.29, 0.717) is 26.2 Å². The number of nitro benzene ring substituents is 1. The van der Waals surface area contributed by atoms with Gasteiger partial charge in [-0.05, 0) is 36.8 Å². The molecule has 0 saturated carbocycles. The van der Waals surface area contributed by atoms with Gasteiger partial charge in [0.2, 0.25) is 5.72 Å². The molecule has 5 rings (SSSR count). The number of nitro groups is 1. The Morgan fingerprint density at radius 2 is 2.00 bits per heavy atom. The summed E-state index contributed by atoms with van der Waals surface area (Å²) < 4.78 is 13.1. The quantitative estimate of drug-likeness (QED) is 0.341. The molecule has 2 aromatic carbocycles. The first-order valence-corrected chi connectivity index (χ1v) is 10.6. The molecule has 162 valence electrons. The normalized spacial score (nSPS) is 23.4. The molecule has 32 heavy (non-hydrogen) atoms. The second-order valence-electron chi connectivity index (χ2n) is 7.67. The zero-order valence-electron chi connectivity index (χ0n) is 17.1. The molecule has 9 nitrogen and oxygen atoms in total. The fraction of sp³-hybridized carbons (Fsp3) is 0.227. The van der Waals surface area contributed by atoms with Gasteiger partial charge in [0.1, 0.15) is 11.7 Å². The number of rotatable bonds is 3. The minimum Gasteiger partial charge on any atom is -0.469 e. The summed E-state index contributed by atoms with van der Waals surface area (Å²) >= 11 is 1.18. The van der Waals surface area contributed by atoms with Crippen LogP contribution in [-0.2, 0) is 9.53 Å². The summed E-state index contributed by atoms with van der Waals surface area (Å²) in [5.41, 5.74) is -0.213. The third-order valence-corrected chi connectivity index (χ3v) is 6.72. The highest BCUT2D eigenvalue weighted by Gasteiger charge is 2.55. The van der Waals surface area contributed by atoms with Gasteiger partial charge >= 0.3 is 5.97 Å². The lowest BCUT2D eigenvalue weighted by molar-refractivity contribution is -0.384. The van der Waals surface area contributed by atoms with Gasteiger partial charge in [-0.2, -0.15) is 0 Å². The van der Waals surface area contributed by atoms with E-state index >= 15 is 0 Å². The Balaban J connectivity index is 1.73. The standard InChI is InChI=1S/C22H17N3O6S/c1-22-17(20(27)30-2)18(14-5-3-4-6-15(14)31-22)24-19(26)16(32-21(24)23-22)11-12-7-9-13(10-8-12)25(28)29/h3-11,17-18H,1-2H3/b16-11+/t17-,18-,22+/m1/s1. The Morgan fingerprint density at radius 3 is 2.69 bits per heavy atom. The average molecular weight is 451 g/mol. The molecule has 1 aromatic heterocycles. The number of ether oxygens (including phenoxy) is 2. The first-order chi connectivity index (χ1) is 15.3. The fourth-order valence-corrected chi connectivity index (χ4v) is 5.37. The zero-order chi connectivity index (χ0) is 22.6. The van der Waals surface area contributed by atoms with E-state index in [-0.39, 0.29) is 11.2 Å². The summed E-state index contributed by atoms with van der Waals surface area (Å²) in [6, 6.07) is 12.5. The first kappa shape index (κ1) is 20.1. The van der Waals surface area contributed by atoms with Crippen molar-refractivity contribution in [2.45, 2.75) is 18.7 Å². The van der Waals surface area contributed by atoms with E-state index in [1.807, 2.05) is 18.2 Å². The Bertz CT molecular complexity index is 1440. The number of carbonyl (C=O) groups excluding carboxylic acids is 1. The van der Waals surface area contributed by atoms with Crippen molar-refractivity contribution in [3.63, 3.8) is 0 Å². The van der Waals surface area contributed by atoms with Gasteiger partial charge in [0.15, 0.2) is 4.80 Å². The molecule has 2 bridgehead atoms. The number of hydrogen-bond donors (Lipinski definition) is 0. The highest BCUT2D eigenvalue weighted by atomic mass is 32.1. The maximum absolute atomic E-state index is 13.4. The second-order valence-corrected chi connectivity index (χ2v) is 8.68. The molecule has 3 heterocycles. The number of nitrogens with zero attached hydrogens (tertiary/aromatic N) is 3. The molecule has 3 aromatic rings. The highest BCUT2D eigenvalue weighted by molar-refractivity contribution is 7.07. The second kappa shape index (κ2) is 7.13. The van der Waals surface area contributed by atoms with Gasteiger partial charge in [0.25, 0.3) is 11.2 Å². The third-order valence-electron chi connectivity index (χ3n) is 5.74. The van der Waals surface area contributed by atoms with Gasteiger partial charge in [0.05, 0.1) is 22.6 Å². The van der Waals surface area contributed by atoms with Crippen molar-refractivity contribution in [3.8, 4) is 5.75 Å². The van der Waals surface area contributed by atoms with Crippen molar-refractivity contribution in [2.75, 3.05) is 7.11 Å². The number of esters is 1. The van der Waals surface area contributed by atoms with Crippen molar-refractivity contribution < 1.29 is 19.2 Å². The van der Waals surface area contributed by atoms with Crippen LogP contribution >= 0.6 is 11.3 Å². The summed E-state index contributed by atoms with van der Waals surface area (Å²) in [5.74, 6) is -0.789. The Morgan fingerprint density at radius 1 is 1.28 bits per heavy atom. The summed E-state index contributed by atoms with van der Waals surface area (Å²) in [6.07, 6.45) is 1.66. The minimum absolute atomic E-state index is 0.0317. The van der Waals surface area contributed by atoms with E-state index in [1.165, 1.54) is 35.1 Å². The van der Waals surface area contributed by atoms with Crippen LogP contribution in [-0.4, -0.2) is 28.3 Å². The molecule has 0 N–H and O–H groups in total. The number of methoxy groups -OCH3 is 1. The van der Waals surface area contributed by atoms with Crippen LogP contribution in [0.5, 0.6) is 5.75 Å². The number of para-hydroxylation sites is 1. The third kappa shape index (κ3) is 2.94. The maximum Gasteiger partial charge on any atom is 0.317 e. The van der Waals surface area contributed by atoms with Crippen LogP contribution in [0, 0.1) is 16.0 Å². The number of non-ortho nitro benzene ring substituents is 1. The van der Waals surface area contributed by atoms with E-state index < -0.39 is 28.6 Å². The number of benzene rings is 2. The molecule has 3 atom stereocenters. The van der Waals surface area contributed by atoms with Gasteiger partial charge in [0, 0.05) is 17.7 Å². The summed E-state index contributed by atoms with van der Waals surface area (Å²) in [7, 11) is 1.30. The van der Waals surface area contributed by atoms with Crippen molar-refractivity contribution in [2.24, 2.45) is 10.9 Å². The molecular formula is C22H17N3O6S. The number of aromatic nitrogens is 1. The lowest BCUT2D eigenvalue weighted by Gasteiger charge is -2.44. The molecule has 0 unspecified atom stereocenters. The van der Waals surface area contributed by atoms with Gasteiger partial charge in [-0.3, -0.25) is 24.3 Å². The molecule has 0 saturated heterocycles. The molecular weight excluding hydrogens is 434 g/mol. The van der Waals surface area contributed by atoms with Crippen LogP contribution in [0.2, 0.25) is 0 Å². The molecule has 0 radical (unpaired) electrons. The van der Waals surface area contributed by atoms with E-state index in [9.17, 15) is 19.7 Å². The maximum atomic E-state index is 13.4. The SMILES string of the molecule is COC(=O)[C@H]1[C@H]2c3ccccc3O[C@]1(C)N=c1s/c(=C/c3ccc([N+](=O)[O-])cc3)c(=O)n12. The molecule has 0 spiro atoms. The summed E-state index contributed by atoms with van der Waals surface area (Å²) in [4.78, 5) is 41.7. The number of hydrogen-bond acceptors (Lipinski definition) is 8. The topological polar surface area (TPSA) is 113 Å². The molecule has 2 aliphatic rings. The highest BCUT2D eigenvalue weighted by Crippen LogP contribution is 2.47. The predicted molar refractivity (Wildman–Crippen MR) is 115 cm³/mol. The van der Waals surface area contributed by atoms with Crippen molar-refractivity contribution >= 4 is 29.1 Å². The largest absolute Gasteiger partial charge is 0.469 e. The van der Waals surface area contributed by atoms with E-state index in [0.717, 1.165) is 0 Å². The zero-order valence-corrected chi connectivity index (χ0v) is 17.9. The van der Waals surface area contributed by atoms with Crippen LogP contribution in [0.1, 0.15) is 24.1 Å². The molecule has 10 heteroatoms. The van der Waals surface area contributed by atoms with Gasteiger partial charge in [-0.15, -0.1) is 0 Å². The molecule has 0 fully saturated rings.